The van der Waals surface area contributed by atoms with Crippen molar-refractivity contribution in [3.63, 3.8) is 0 Å². The lowest BCUT2D eigenvalue weighted by Crippen LogP contribution is -2.03. The molecule has 0 aliphatic heterocycles. The molecular weight excluding hydrogens is 301 g/mol. The summed E-state index contributed by atoms with van der Waals surface area (Å²) in [6.45, 7) is 0. The van der Waals surface area contributed by atoms with Crippen molar-refractivity contribution in [2.24, 2.45) is 0 Å². The molecule has 0 aromatic heterocycles. The summed E-state index contributed by atoms with van der Waals surface area (Å²) in [5.74, 6) is -0.295. The van der Waals surface area contributed by atoms with Crippen LogP contribution < -0.4 is 4.74 Å². The van der Waals surface area contributed by atoms with E-state index in [1.165, 1.54) is 13.2 Å². The van der Waals surface area contributed by atoms with E-state index in [9.17, 15) is 14.9 Å². The van der Waals surface area contributed by atoms with Crippen LogP contribution in [0.2, 0.25) is 5.02 Å². The minimum absolute atomic E-state index is 0.0288. The maximum Gasteiger partial charge on any atom is 0.311 e. The van der Waals surface area contributed by atoms with E-state index in [0.717, 1.165) is 6.07 Å². The predicted octanol–water partition coefficient (Wildman–Crippen LogP) is 2.83. The highest BCUT2D eigenvalue weighted by molar-refractivity contribution is 9.09. The first kappa shape index (κ1) is 12.9. The van der Waals surface area contributed by atoms with E-state index in [-0.39, 0.29) is 33.1 Å². The molecule has 1 aromatic rings. The Morgan fingerprint density at radius 2 is 2.25 bits per heavy atom. The zero-order valence-corrected chi connectivity index (χ0v) is 10.5. The van der Waals surface area contributed by atoms with Crippen LogP contribution in [0.15, 0.2) is 12.1 Å². The fourth-order valence-electron chi connectivity index (χ4n) is 1.14. The lowest BCUT2D eigenvalue weighted by atomic mass is 10.1. The Morgan fingerprint density at radius 1 is 1.62 bits per heavy atom. The minimum Gasteiger partial charge on any atom is -0.490 e. The number of rotatable bonds is 4. The van der Waals surface area contributed by atoms with E-state index < -0.39 is 4.92 Å². The second-order valence-electron chi connectivity index (χ2n) is 2.82. The molecule has 0 atom stereocenters. The van der Waals surface area contributed by atoms with Crippen molar-refractivity contribution in [1.82, 2.24) is 0 Å². The van der Waals surface area contributed by atoms with Crippen LogP contribution in [-0.2, 0) is 0 Å². The Hall–Kier alpha value is -1.14. The number of nitro benzene ring substituents is 1. The lowest BCUT2D eigenvalue weighted by molar-refractivity contribution is -0.385. The maximum absolute atomic E-state index is 11.4. The summed E-state index contributed by atoms with van der Waals surface area (Å²) in [6, 6.07) is 2.38. The normalized spacial score (nSPS) is 9.94. The number of nitro groups is 1. The third-order valence-electron chi connectivity index (χ3n) is 1.89. The number of carbonyl (C=O) groups is 1. The van der Waals surface area contributed by atoms with Crippen molar-refractivity contribution < 1.29 is 14.5 Å². The molecule has 0 heterocycles. The molecule has 16 heavy (non-hydrogen) atoms. The third-order valence-corrected chi connectivity index (χ3v) is 2.71. The molecule has 0 fully saturated rings. The molecule has 1 rings (SSSR count). The number of alkyl halides is 1. The second-order valence-corrected chi connectivity index (χ2v) is 3.79. The number of halogens is 2. The molecule has 86 valence electrons. The minimum atomic E-state index is -0.625. The molecule has 0 radical (unpaired) electrons. The van der Waals surface area contributed by atoms with Gasteiger partial charge in [0.1, 0.15) is 0 Å². The van der Waals surface area contributed by atoms with Crippen LogP contribution in [0.1, 0.15) is 10.4 Å². The average molecular weight is 309 g/mol. The van der Waals surface area contributed by atoms with Gasteiger partial charge in [0.05, 0.1) is 22.4 Å². The molecule has 0 N–H and O–H groups in total. The third kappa shape index (κ3) is 2.51. The number of nitrogens with zero attached hydrogens (tertiary/aromatic N) is 1. The van der Waals surface area contributed by atoms with Crippen molar-refractivity contribution in [2.75, 3.05) is 12.4 Å². The fourth-order valence-corrected chi connectivity index (χ4v) is 1.70. The van der Waals surface area contributed by atoms with Gasteiger partial charge in [-0.25, -0.2) is 0 Å². The Bertz CT molecular complexity index is 449. The Balaban J connectivity index is 3.38. The van der Waals surface area contributed by atoms with Crippen molar-refractivity contribution in [2.45, 2.75) is 0 Å². The number of ketones is 1. The first-order valence-corrected chi connectivity index (χ1v) is 5.62. The molecule has 7 heteroatoms. The van der Waals surface area contributed by atoms with Gasteiger partial charge in [0.15, 0.2) is 11.5 Å². The van der Waals surface area contributed by atoms with Gasteiger partial charge in [-0.3, -0.25) is 14.9 Å². The van der Waals surface area contributed by atoms with Gasteiger partial charge < -0.3 is 4.74 Å². The molecule has 1 aromatic carbocycles. The molecule has 0 saturated heterocycles. The number of ether oxygens (including phenoxy) is 1. The van der Waals surface area contributed by atoms with E-state index in [0.29, 0.717) is 0 Å². The Morgan fingerprint density at radius 3 is 2.69 bits per heavy atom. The molecule has 0 aliphatic rings. The van der Waals surface area contributed by atoms with Gasteiger partial charge in [0.25, 0.3) is 0 Å². The van der Waals surface area contributed by atoms with Gasteiger partial charge in [-0.2, -0.15) is 0 Å². The van der Waals surface area contributed by atoms with Crippen LogP contribution in [-0.4, -0.2) is 23.1 Å². The summed E-state index contributed by atoms with van der Waals surface area (Å²) in [4.78, 5) is 21.5. The van der Waals surface area contributed by atoms with Crippen LogP contribution in [0.4, 0.5) is 5.69 Å². The zero-order valence-electron chi connectivity index (χ0n) is 8.20. The van der Waals surface area contributed by atoms with E-state index in [4.69, 9.17) is 16.3 Å². The Kier molecular flexibility index (Phi) is 4.26. The average Bonchev–Trinajstić information content (AvgIpc) is 2.27. The lowest BCUT2D eigenvalue weighted by Gasteiger charge is -2.05. The van der Waals surface area contributed by atoms with Gasteiger partial charge in [0, 0.05) is 17.7 Å². The maximum atomic E-state index is 11.4. The quantitative estimate of drug-likeness (QED) is 0.371. The summed E-state index contributed by atoms with van der Waals surface area (Å²) in [5, 5.41) is 10.9. The molecule has 0 aliphatic carbocycles. The SMILES string of the molecule is COc1cc(Cl)c(C(=O)CBr)cc1[N+](=O)[O-]. The summed E-state index contributed by atoms with van der Waals surface area (Å²) < 4.78 is 4.81. The topological polar surface area (TPSA) is 69.4 Å². The fraction of sp³-hybridized carbons (Fsp3) is 0.222. The van der Waals surface area contributed by atoms with Gasteiger partial charge in [-0.15, -0.1) is 0 Å². The van der Waals surface area contributed by atoms with Crippen LogP contribution in [0.25, 0.3) is 0 Å². The molecule has 0 amide bonds. The van der Waals surface area contributed by atoms with Crippen LogP contribution in [0, 0.1) is 10.1 Å². The standard InChI is InChI=1S/C9H7BrClNO4/c1-16-9-3-6(11)5(8(13)4-10)2-7(9)12(14)15/h2-3H,4H2,1H3. The molecule has 0 spiro atoms. The van der Waals surface area contributed by atoms with Crippen LogP contribution in [0.5, 0.6) is 5.75 Å². The van der Waals surface area contributed by atoms with Gasteiger partial charge in [-0.1, -0.05) is 27.5 Å². The van der Waals surface area contributed by atoms with Crippen LogP contribution >= 0.6 is 27.5 Å². The highest BCUT2D eigenvalue weighted by Gasteiger charge is 2.21. The number of Topliss-reactive ketones (excluding diaryl/α,β-unsaturated/α-hetero) is 1. The van der Waals surface area contributed by atoms with E-state index in [1.807, 2.05) is 0 Å². The van der Waals surface area contributed by atoms with Crippen molar-refractivity contribution in [1.29, 1.82) is 0 Å². The summed E-state index contributed by atoms with van der Waals surface area (Å²) in [7, 11) is 1.30. The summed E-state index contributed by atoms with van der Waals surface area (Å²) in [5.41, 5.74) is -0.178. The molecule has 0 unspecified atom stereocenters. The molecule has 0 saturated carbocycles. The first-order chi connectivity index (χ1) is 7.51. The Labute approximate surface area is 105 Å². The smallest absolute Gasteiger partial charge is 0.311 e. The number of hydrogen-bond acceptors (Lipinski definition) is 4. The van der Waals surface area contributed by atoms with E-state index in [2.05, 4.69) is 15.9 Å². The van der Waals surface area contributed by atoms with Crippen molar-refractivity contribution in [3.8, 4) is 5.75 Å². The highest BCUT2D eigenvalue weighted by Crippen LogP contribution is 2.33. The van der Waals surface area contributed by atoms with E-state index in [1.54, 1.807) is 0 Å². The predicted molar refractivity (Wildman–Crippen MR) is 62.8 cm³/mol. The molecule has 0 bridgehead atoms. The first-order valence-electron chi connectivity index (χ1n) is 4.12. The van der Waals surface area contributed by atoms with Crippen molar-refractivity contribution in [3.05, 3.63) is 32.8 Å². The number of benzene rings is 1. The van der Waals surface area contributed by atoms with Crippen LogP contribution in [0.3, 0.4) is 0 Å². The molecular formula is C9H7BrClNO4. The number of hydrogen-bond donors (Lipinski definition) is 0. The number of carbonyl (C=O) groups excluding carboxylic acids is 1. The zero-order chi connectivity index (χ0) is 12.3. The monoisotopic (exact) mass is 307 g/mol. The van der Waals surface area contributed by atoms with Gasteiger partial charge in [0.2, 0.25) is 0 Å². The van der Waals surface area contributed by atoms with E-state index >= 15 is 0 Å². The number of methoxy groups -OCH3 is 1. The second kappa shape index (κ2) is 5.27. The molecule has 5 nitrogen and oxygen atoms in total. The van der Waals surface area contributed by atoms with Gasteiger partial charge in [-0.05, 0) is 0 Å². The highest BCUT2D eigenvalue weighted by atomic mass is 79.9. The van der Waals surface area contributed by atoms with Crippen molar-refractivity contribution >= 4 is 39.0 Å². The van der Waals surface area contributed by atoms with Gasteiger partial charge >= 0.3 is 5.69 Å². The largest absolute Gasteiger partial charge is 0.490 e. The summed E-state index contributed by atoms with van der Waals surface area (Å²) in [6.07, 6.45) is 0. The summed E-state index contributed by atoms with van der Waals surface area (Å²) >= 11 is 8.79.